The Morgan fingerprint density at radius 1 is 1.24 bits per heavy atom. The molecule has 1 aromatic rings. The minimum Gasteiger partial charge on any atom is -0.469 e. The average molecular weight is 343 g/mol. The number of nitrogens with one attached hydrogen (secondary N) is 1. The van der Waals surface area contributed by atoms with E-state index in [4.69, 9.17) is 0 Å². The topological polar surface area (TPSA) is 67.8 Å². The standard InChI is InChI=1S/C14H17N2O3.C6H6.2H2/c1-5-9(2)13-10(3)8-11(16-13)14(18)15-7-6-12(17)19-4;1-2-4-6-5-3-1;;/h5,8H,1,3,6-7H2,2,4H3,(H,15,18);1-6H;2*1H/b9-5-;;;. The fraction of sp³-hybridized carbons (Fsp3) is 0.200. The summed E-state index contributed by atoms with van der Waals surface area (Å²) in [6, 6.07) is 12.0. The zero-order valence-electron chi connectivity index (χ0n) is 14.6. The Balaban J connectivity index is 0. The number of hydrogen-bond donors (Lipinski definition) is 1. The molecule has 0 atom stereocenters. The highest BCUT2D eigenvalue weighted by Gasteiger charge is 2.19. The van der Waals surface area contributed by atoms with Crippen molar-refractivity contribution in [3.8, 4) is 0 Å². The number of esters is 1. The van der Waals surface area contributed by atoms with Gasteiger partial charge in [-0.15, -0.1) is 0 Å². The first-order chi connectivity index (χ1) is 12.0. The highest BCUT2D eigenvalue weighted by atomic mass is 16.5. The van der Waals surface area contributed by atoms with Gasteiger partial charge in [0, 0.05) is 9.40 Å². The Kier molecular flexibility index (Phi) is 8.65. The van der Waals surface area contributed by atoms with Crippen LogP contribution in [0.4, 0.5) is 0 Å². The van der Waals surface area contributed by atoms with E-state index in [9.17, 15) is 9.59 Å². The molecule has 0 spiro atoms. The number of amides is 1. The van der Waals surface area contributed by atoms with Crippen molar-refractivity contribution >= 4 is 17.6 Å². The second-order valence-corrected chi connectivity index (χ2v) is 5.14. The molecule has 5 nitrogen and oxygen atoms in total. The molecule has 1 amide bonds. The van der Waals surface area contributed by atoms with E-state index in [1.165, 1.54) is 7.11 Å². The normalized spacial score (nSPS) is 13.2. The van der Waals surface area contributed by atoms with Crippen LogP contribution < -0.4 is 5.32 Å². The molecule has 1 aromatic carbocycles. The predicted octanol–water partition coefficient (Wildman–Crippen LogP) is 3.52. The van der Waals surface area contributed by atoms with Crippen LogP contribution in [0, 0.1) is 6.92 Å². The van der Waals surface area contributed by atoms with E-state index in [2.05, 4.69) is 28.5 Å². The van der Waals surface area contributed by atoms with Crippen molar-refractivity contribution in [2.45, 2.75) is 13.3 Å². The zero-order chi connectivity index (χ0) is 18.7. The van der Waals surface area contributed by atoms with Gasteiger partial charge < -0.3 is 10.1 Å². The minimum absolute atomic E-state index is 0. The Bertz CT molecular complexity index is 684. The molecular weight excluding hydrogens is 316 g/mol. The van der Waals surface area contributed by atoms with Crippen molar-refractivity contribution in [2.24, 2.45) is 4.99 Å². The molecule has 1 aliphatic rings. The lowest BCUT2D eigenvalue weighted by Crippen LogP contribution is -2.26. The third-order valence-corrected chi connectivity index (χ3v) is 3.27. The summed E-state index contributed by atoms with van der Waals surface area (Å²) in [6.07, 6.45) is 3.40. The molecule has 1 radical (unpaired) electrons. The number of carbonyl (C=O) groups excluding carboxylic acids is 2. The van der Waals surface area contributed by atoms with Gasteiger partial charge in [-0.1, -0.05) is 49.1 Å². The molecule has 1 heterocycles. The van der Waals surface area contributed by atoms with Crippen LogP contribution in [-0.2, 0) is 14.3 Å². The van der Waals surface area contributed by atoms with Crippen LogP contribution in [0.3, 0.4) is 0 Å². The summed E-state index contributed by atoms with van der Waals surface area (Å²) < 4.78 is 4.48. The second-order valence-electron chi connectivity index (χ2n) is 5.14. The molecule has 0 unspecified atom stereocenters. The monoisotopic (exact) mass is 343 g/mol. The van der Waals surface area contributed by atoms with Crippen molar-refractivity contribution < 1.29 is 17.2 Å². The van der Waals surface area contributed by atoms with Gasteiger partial charge in [-0.05, 0) is 31.1 Å². The van der Waals surface area contributed by atoms with E-state index >= 15 is 0 Å². The van der Waals surface area contributed by atoms with Crippen molar-refractivity contribution in [2.75, 3.05) is 13.7 Å². The third-order valence-electron chi connectivity index (χ3n) is 3.27. The van der Waals surface area contributed by atoms with Gasteiger partial charge in [-0.25, -0.2) is 4.99 Å². The van der Waals surface area contributed by atoms with E-state index in [0.717, 1.165) is 5.57 Å². The molecule has 135 valence electrons. The molecule has 0 aliphatic carbocycles. The summed E-state index contributed by atoms with van der Waals surface area (Å²) >= 11 is 0. The second kappa shape index (κ2) is 10.8. The average Bonchev–Trinajstić information content (AvgIpc) is 3.04. The Morgan fingerprint density at radius 2 is 1.80 bits per heavy atom. The van der Waals surface area contributed by atoms with Crippen LogP contribution in [0.2, 0.25) is 0 Å². The van der Waals surface area contributed by atoms with Crippen LogP contribution in [0.15, 0.2) is 77.0 Å². The molecule has 1 N–H and O–H groups in total. The molecule has 0 bridgehead atoms. The Morgan fingerprint density at radius 3 is 2.28 bits per heavy atom. The maximum atomic E-state index is 11.8. The SMILES string of the molecule is [CH2]/C=C(/C)C1=NC(C(=O)NCCC(=O)OC)=CC1=C.[HH].[HH].c1ccccc1. The van der Waals surface area contributed by atoms with Crippen LogP contribution in [0.25, 0.3) is 0 Å². The third kappa shape index (κ3) is 6.99. The summed E-state index contributed by atoms with van der Waals surface area (Å²) in [4.78, 5) is 26.9. The van der Waals surface area contributed by atoms with E-state index in [1.54, 1.807) is 12.2 Å². The number of hydrogen-bond acceptors (Lipinski definition) is 4. The maximum absolute atomic E-state index is 11.8. The van der Waals surface area contributed by atoms with Crippen molar-refractivity contribution in [1.29, 1.82) is 0 Å². The van der Waals surface area contributed by atoms with Crippen LogP contribution in [0.1, 0.15) is 16.2 Å². The van der Waals surface area contributed by atoms with Crippen molar-refractivity contribution in [3.63, 3.8) is 0 Å². The summed E-state index contributed by atoms with van der Waals surface area (Å²) in [5.41, 5.74) is 2.48. The molecular formula is C20H27N2O3. The van der Waals surface area contributed by atoms with E-state index in [0.29, 0.717) is 11.3 Å². The number of nitrogens with zero attached hydrogens (tertiary/aromatic N) is 1. The lowest BCUT2D eigenvalue weighted by molar-refractivity contribution is -0.140. The van der Waals surface area contributed by atoms with Gasteiger partial charge in [-0.2, -0.15) is 0 Å². The number of ether oxygens (including phenoxy) is 1. The van der Waals surface area contributed by atoms with Crippen LogP contribution >= 0.6 is 0 Å². The van der Waals surface area contributed by atoms with E-state index in [1.807, 2.05) is 43.3 Å². The maximum Gasteiger partial charge on any atom is 0.307 e. The highest BCUT2D eigenvalue weighted by Crippen LogP contribution is 2.19. The number of allylic oxidation sites excluding steroid dienone is 4. The van der Waals surface area contributed by atoms with Gasteiger partial charge in [0.25, 0.3) is 5.91 Å². The summed E-state index contributed by atoms with van der Waals surface area (Å²) in [5.74, 6) is -0.706. The first-order valence-corrected chi connectivity index (χ1v) is 7.80. The van der Waals surface area contributed by atoms with Gasteiger partial charge >= 0.3 is 5.97 Å². The lowest BCUT2D eigenvalue weighted by Gasteiger charge is -2.03. The highest BCUT2D eigenvalue weighted by molar-refractivity contribution is 6.18. The quantitative estimate of drug-likeness (QED) is 0.832. The van der Waals surface area contributed by atoms with Gasteiger partial charge in [0.2, 0.25) is 0 Å². The number of benzene rings is 1. The molecule has 0 aromatic heterocycles. The van der Waals surface area contributed by atoms with Crippen LogP contribution in [-0.4, -0.2) is 31.2 Å². The summed E-state index contributed by atoms with van der Waals surface area (Å²) in [6.45, 7) is 9.55. The van der Waals surface area contributed by atoms with Crippen LogP contribution in [0.5, 0.6) is 0 Å². The minimum atomic E-state index is -0.370. The molecule has 5 heteroatoms. The number of aliphatic imine (C=N–C) groups is 1. The number of methoxy groups -OCH3 is 1. The molecule has 25 heavy (non-hydrogen) atoms. The zero-order valence-corrected chi connectivity index (χ0v) is 14.6. The molecule has 0 saturated carbocycles. The van der Waals surface area contributed by atoms with Gasteiger partial charge in [0.05, 0.1) is 19.2 Å². The first-order valence-electron chi connectivity index (χ1n) is 7.80. The van der Waals surface area contributed by atoms with E-state index in [-0.39, 0.29) is 33.4 Å². The van der Waals surface area contributed by atoms with E-state index < -0.39 is 0 Å². The summed E-state index contributed by atoms with van der Waals surface area (Å²) in [7, 11) is 1.30. The molecule has 2 rings (SSSR count). The lowest BCUT2D eigenvalue weighted by atomic mass is 10.1. The van der Waals surface area contributed by atoms with Gasteiger partial charge in [-0.3, -0.25) is 9.59 Å². The molecule has 0 saturated heterocycles. The first kappa shape index (κ1) is 20.1. The number of carbonyl (C=O) groups is 2. The number of rotatable bonds is 5. The Labute approximate surface area is 151 Å². The van der Waals surface area contributed by atoms with Crippen molar-refractivity contribution in [1.82, 2.24) is 5.32 Å². The van der Waals surface area contributed by atoms with Gasteiger partial charge in [0.15, 0.2) is 0 Å². The molecule has 0 fully saturated rings. The summed E-state index contributed by atoms with van der Waals surface area (Å²) in [5, 5.41) is 2.60. The van der Waals surface area contributed by atoms with Gasteiger partial charge in [0.1, 0.15) is 5.70 Å². The van der Waals surface area contributed by atoms with Crippen molar-refractivity contribution in [3.05, 3.63) is 78.9 Å². The largest absolute Gasteiger partial charge is 0.469 e. The fourth-order valence-corrected chi connectivity index (χ4v) is 1.87. The fourth-order valence-electron chi connectivity index (χ4n) is 1.87. The Hall–Kier alpha value is -2.95. The molecule has 1 aliphatic heterocycles. The smallest absolute Gasteiger partial charge is 0.307 e. The predicted molar refractivity (Wildman–Crippen MR) is 104 cm³/mol.